The Kier molecular flexibility index (Phi) is 2.45. The summed E-state index contributed by atoms with van der Waals surface area (Å²) in [4.78, 5) is 0. The van der Waals surface area contributed by atoms with Crippen LogP contribution < -0.4 is 5.73 Å². The number of allylic oxidation sites excluding steroid dienone is 1. The predicted molar refractivity (Wildman–Crippen MR) is 69.0 cm³/mol. The second-order valence-corrected chi connectivity index (χ2v) is 5.86. The van der Waals surface area contributed by atoms with Crippen LogP contribution in [-0.2, 0) is 0 Å². The summed E-state index contributed by atoms with van der Waals surface area (Å²) in [7, 11) is 0. The highest BCUT2D eigenvalue weighted by molar-refractivity contribution is 5.50. The van der Waals surface area contributed by atoms with Crippen LogP contribution in [0.5, 0.6) is 0 Å². The van der Waals surface area contributed by atoms with Crippen molar-refractivity contribution in [3.63, 3.8) is 0 Å². The number of rotatable bonds is 0. The van der Waals surface area contributed by atoms with Crippen LogP contribution >= 0.6 is 0 Å². The zero-order valence-electron chi connectivity index (χ0n) is 11.3. The molecule has 0 saturated heterocycles. The standard InChI is InChI=1S/C15H23N/c1-8-7-13-14(10(3)9(8)2)11(4)12(5)15(13,6)16/h9-10,14H,16H2,1-6H3. The molecule has 2 aliphatic rings. The quantitative estimate of drug-likeness (QED) is 0.488. The van der Waals surface area contributed by atoms with Gasteiger partial charge in [0.1, 0.15) is 0 Å². The van der Waals surface area contributed by atoms with E-state index in [1.54, 1.807) is 0 Å². The average Bonchev–Trinajstić information content (AvgIpc) is 2.37. The molecule has 0 aliphatic heterocycles. The van der Waals surface area contributed by atoms with E-state index in [4.69, 9.17) is 5.73 Å². The van der Waals surface area contributed by atoms with Crippen molar-refractivity contribution in [2.75, 3.05) is 0 Å². The molecule has 1 nitrogen and oxygen atoms in total. The first-order valence-corrected chi connectivity index (χ1v) is 6.23. The molecule has 0 fully saturated rings. The second kappa shape index (κ2) is 3.35. The van der Waals surface area contributed by atoms with Gasteiger partial charge in [-0.25, -0.2) is 0 Å². The third-order valence-corrected chi connectivity index (χ3v) is 5.04. The molecule has 2 N–H and O–H groups in total. The molecular weight excluding hydrogens is 194 g/mol. The Morgan fingerprint density at radius 1 is 1.19 bits per heavy atom. The second-order valence-electron chi connectivity index (χ2n) is 5.86. The molecule has 1 heteroatoms. The van der Waals surface area contributed by atoms with Gasteiger partial charge in [0.15, 0.2) is 0 Å². The van der Waals surface area contributed by atoms with Gasteiger partial charge in [0.2, 0.25) is 0 Å². The largest absolute Gasteiger partial charge is 0.318 e. The fraction of sp³-hybridized carbons (Fsp3) is 0.667. The van der Waals surface area contributed by atoms with E-state index in [9.17, 15) is 0 Å². The van der Waals surface area contributed by atoms with Crippen molar-refractivity contribution < 1.29 is 0 Å². The van der Waals surface area contributed by atoms with Gasteiger partial charge in [0.05, 0.1) is 5.54 Å². The van der Waals surface area contributed by atoms with Gasteiger partial charge in [0.25, 0.3) is 0 Å². The summed E-state index contributed by atoms with van der Waals surface area (Å²) in [6.45, 7) is 13.4. The summed E-state index contributed by atoms with van der Waals surface area (Å²) in [5.74, 6) is 1.79. The predicted octanol–water partition coefficient (Wildman–Crippen LogP) is 3.43. The molecule has 0 saturated carbocycles. The van der Waals surface area contributed by atoms with Gasteiger partial charge in [-0.15, -0.1) is 5.73 Å². The van der Waals surface area contributed by atoms with Crippen LogP contribution in [0.25, 0.3) is 0 Å². The Balaban J connectivity index is 2.67. The van der Waals surface area contributed by atoms with Gasteiger partial charge in [-0.1, -0.05) is 19.4 Å². The van der Waals surface area contributed by atoms with Crippen LogP contribution in [0, 0.1) is 17.8 Å². The third-order valence-electron chi connectivity index (χ3n) is 5.04. The van der Waals surface area contributed by atoms with Gasteiger partial charge in [-0.2, -0.15) is 0 Å². The van der Waals surface area contributed by atoms with Gasteiger partial charge >= 0.3 is 0 Å². The highest BCUT2D eigenvalue weighted by Gasteiger charge is 2.45. The summed E-state index contributed by atoms with van der Waals surface area (Å²) in [5.41, 5.74) is 15.3. The molecule has 0 spiro atoms. The lowest BCUT2D eigenvalue weighted by molar-refractivity contribution is 0.344. The monoisotopic (exact) mass is 217 g/mol. The molecular formula is C15H23N. The lowest BCUT2D eigenvalue weighted by atomic mass is 9.71. The van der Waals surface area contributed by atoms with Crippen LogP contribution in [0.4, 0.5) is 0 Å². The van der Waals surface area contributed by atoms with Crippen molar-refractivity contribution in [1.29, 1.82) is 0 Å². The lowest BCUT2D eigenvalue weighted by Crippen LogP contribution is -2.39. The fourth-order valence-electron chi connectivity index (χ4n) is 3.26. The zero-order valence-corrected chi connectivity index (χ0v) is 11.3. The maximum atomic E-state index is 6.47. The van der Waals surface area contributed by atoms with Crippen molar-refractivity contribution in [2.45, 2.75) is 47.1 Å². The number of hydrogen-bond donors (Lipinski definition) is 1. The van der Waals surface area contributed by atoms with Crippen molar-refractivity contribution in [2.24, 2.45) is 23.5 Å². The Bertz CT molecular complexity index is 430. The van der Waals surface area contributed by atoms with Crippen molar-refractivity contribution in [1.82, 2.24) is 0 Å². The van der Waals surface area contributed by atoms with Crippen LogP contribution in [0.2, 0.25) is 0 Å². The smallest absolute Gasteiger partial charge is 0.0637 e. The van der Waals surface area contributed by atoms with Crippen LogP contribution in [0.1, 0.15) is 41.5 Å². The molecule has 16 heavy (non-hydrogen) atoms. The number of fused-ring (bicyclic) bond motifs is 1. The molecule has 0 radical (unpaired) electrons. The molecule has 0 aromatic rings. The SMILES string of the molecule is CC1=C=C2C(C(C)=C(C)C2(C)N)C(C)C1C. The summed E-state index contributed by atoms with van der Waals surface area (Å²) in [6, 6.07) is 0. The summed E-state index contributed by atoms with van der Waals surface area (Å²) < 4.78 is 0. The minimum absolute atomic E-state index is 0.273. The van der Waals surface area contributed by atoms with Gasteiger partial charge in [-0.05, 0) is 50.7 Å². The first kappa shape index (κ1) is 11.7. The van der Waals surface area contributed by atoms with E-state index < -0.39 is 0 Å². The van der Waals surface area contributed by atoms with E-state index in [1.165, 1.54) is 22.3 Å². The Morgan fingerprint density at radius 3 is 2.31 bits per heavy atom. The van der Waals surface area contributed by atoms with Crippen molar-refractivity contribution >= 4 is 0 Å². The lowest BCUT2D eigenvalue weighted by Gasteiger charge is -2.34. The Labute approximate surface area is 99.1 Å². The topological polar surface area (TPSA) is 26.0 Å². The van der Waals surface area contributed by atoms with Crippen LogP contribution in [0.15, 0.2) is 28.0 Å². The van der Waals surface area contributed by atoms with E-state index in [2.05, 4.69) is 47.3 Å². The molecule has 2 rings (SSSR count). The Hall–Kier alpha value is -0.780. The van der Waals surface area contributed by atoms with Gasteiger partial charge in [0, 0.05) is 11.5 Å². The molecule has 0 aromatic heterocycles. The van der Waals surface area contributed by atoms with Crippen molar-refractivity contribution in [3.05, 3.63) is 28.0 Å². The van der Waals surface area contributed by atoms with Crippen LogP contribution in [-0.4, -0.2) is 5.54 Å². The van der Waals surface area contributed by atoms with E-state index in [1.807, 2.05) is 0 Å². The maximum absolute atomic E-state index is 6.47. The average molecular weight is 217 g/mol. The molecule has 4 unspecified atom stereocenters. The normalized spacial score (nSPS) is 43.1. The molecule has 4 atom stereocenters. The molecule has 0 aromatic carbocycles. The first-order valence-electron chi connectivity index (χ1n) is 6.23. The number of nitrogens with two attached hydrogens (primary N) is 1. The van der Waals surface area contributed by atoms with E-state index in [-0.39, 0.29) is 5.54 Å². The minimum atomic E-state index is -0.273. The summed E-state index contributed by atoms with van der Waals surface area (Å²) in [6.07, 6.45) is 0. The van der Waals surface area contributed by atoms with Crippen LogP contribution in [0.3, 0.4) is 0 Å². The summed E-state index contributed by atoms with van der Waals surface area (Å²) in [5, 5.41) is 0. The number of hydrogen-bond acceptors (Lipinski definition) is 1. The van der Waals surface area contributed by atoms with E-state index >= 15 is 0 Å². The van der Waals surface area contributed by atoms with E-state index in [0.29, 0.717) is 17.8 Å². The van der Waals surface area contributed by atoms with Crippen molar-refractivity contribution in [3.8, 4) is 0 Å². The maximum Gasteiger partial charge on any atom is 0.0637 e. The van der Waals surface area contributed by atoms with Gasteiger partial charge < -0.3 is 5.73 Å². The fourth-order valence-corrected chi connectivity index (χ4v) is 3.26. The molecule has 88 valence electrons. The molecule has 0 heterocycles. The highest BCUT2D eigenvalue weighted by Crippen LogP contribution is 2.50. The zero-order chi connectivity index (χ0) is 12.2. The van der Waals surface area contributed by atoms with Gasteiger partial charge in [-0.3, -0.25) is 0 Å². The third kappa shape index (κ3) is 1.28. The Morgan fingerprint density at radius 2 is 1.75 bits per heavy atom. The minimum Gasteiger partial charge on any atom is -0.318 e. The molecule has 2 aliphatic carbocycles. The highest BCUT2D eigenvalue weighted by atomic mass is 14.8. The molecule has 0 amide bonds. The first-order chi connectivity index (χ1) is 7.28. The molecule has 0 bridgehead atoms. The summed E-state index contributed by atoms with van der Waals surface area (Å²) >= 11 is 0. The van der Waals surface area contributed by atoms with E-state index in [0.717, 1.165) is 0 Å².